The van der Waals surface area contributed by atoms with Gasteiger partial charge in [-0.2, -0.15) is 0 Å². The molecule has 0 aliphatic heterocycles. The molecule has 1 N–H and O–H groups in total. The summed E-state index contributed by atoms with van der Waals surface area (Å²) in [5.74, 6) is -0.614. The molecule has 0 atom stereocenters. The van der Waals surface area contributed by atoms with Crippen LogP contribution in [0.1, 0.15) is 28.9 Å². The molecule has 1 saturated carbocycles. The average Bonchev–Trinajstić information content (AvgIpc) is 3.37. The minimum atomic E-state index is -1.14. The fraction of sp³-hybridized carbons (Fsp3) is 0.267. The topological polar surface area (TPSA) is 109 Å². The van der Waals surface area contributed by atoms with Gasteiger partial charge in [0.05, 0.1) is 23.9 Å². The lowest BCUT2D eigenvalue weighted by molar-refractivity contribution is -0.385. The summed E-state index contributed by atoms with van der Waals surface area (Å²) in [6, 6.07) is 6.82. The van der Waals surface area contributed by atoms with Gasteiger partial charge in [0.2, 0.25) is 0 Å². The highest BCUT2D eigenvalue weighted by Crippen LogP contribution is 2.33. The molecule has 0 radical (unpaired) electrons. The number of anilines is 1. The normalized spacial score (nSPS) is 13.6. The molecule has 23 heavy (non-hydrogen) atoms. The molecule has 0 amide bonds. The number of carboxylic acid groups (broad SMARTS) is 1. The van der Waals surface area contributed by atoms with E-state index in [0.717, 1.165) is 12.8 Å². The van der Waals surface area contributed by atoms with E-state index in [1.807, 2.05) is 4.90 Å². The highest BCUT2D eigenvalue weighted by atomic mass is 16.6. The Morgan fingerprint density at radius 3 is 2.61 bits per heavy atom. The molecule has 118 valence electrons. The van der Waals surface area contributed by atoms with Gasteiger partial charge in [-0.05, 0) is 12.8 Å². The Bertz CT molecular complexity index is 743. The van der Waals surface area contributed by atoms with Gasteiger partial charge >= 0.3 is 5.97 Å². The summed E-state index contributed by atoms with van der Waals surface area (Å²) in [6.07, 6.45) is 4.55. The number of para-hydroxylation sites is 1. The van der Waals surface area contributed by atoms with Crippen LogP contribution in [0.2, 0.25) is 0 Å². The summed E-state index contributed by atoms with van der Waals surface area (Å²) in [6.45, 7) is 0.336. The Balaban J connectivity index is 1.88. The third-order valence-corrected chi connectivity index (χ3v) is 3.67. The molecular formula is C15H14N4O4. The summed E-state index contributed by atoms with van der Waals surface area (Å²) >= 11 is 0. The Morgan fingerprint density at radius 1 is 1.30 bits per heavy atom. The van der Waals surface area contributed by atoms with Crippen molar-refractivity contribution in [3.8, 4) is 0 Å². The van der Waals surface area contributed by atoms with E-state index in [1.54, 1.807) is 18.2 Å². The van der Waals surface area contributed by atoms with Crippen LogP contribution in [0.4, 0.5) is 11.5 Å². The van der Waals surface area contributed by atoms with Crippen LogP contribution in [0.15, 0.2) is 36.7 Å². The van der Waals surface area contributed by atoms with Crippen LogP contribution < -0.4 is 4.90 Å². The molecule has 0 saturated heterocycles. The van der Waals surface area contributed by atoms with Crippen molar-refractivity contribution in [2.75, 3.05) is 4.90 Å². The number of hydrogen-bond acceptors (Lipinski definition) is 6. The minimum absolute atomic E-state index is 0.0632. The van der Waals surface area contributed by atoms with E-state index in [0.29, 0.717) is 17.9 Å². The fourth-order valence-electron chi connectivity index (χ4n) is 2.37. The third-order valence-electron chi connectivity index (χ3n) is 3.67. The second-order valence-corrected chi connectivity index (χ2v) is 5.31. The van der Waals surface area contributed by atoms with Crippen LogP contribution in [0.5, 0.6) is 0 Å². The number of hydrogen-bond donors (Lipinski definition) is 1. The zero-order valence-corrected chi connectivity index (χ0v) is 12.1. The fourth-order valence-corrected chi connectivity index (χ4v) is 2.37. The van der Waals surface area contributed by atoms with Gasteiger partial charge in [0, 0.05) is 17.7 Å². The van der Waals surface area contributed by atoms with Gasteiger partial charge in [-0.25, -0.2) is 14.8 Å². The molecule has 0 bridgehead atoms. The standard InChI is InChI=1S/C15H14N4O4/c20-15(21)12-7-17-14(8-16-12)18(11-5-6-11)9-10-3-1-2-4-13(10)19(22)23/h1-4,7-8,11H,5-6,9H2,(H,20,21). The highest BCUT2D eigenvalue weighted by molar-refractivity contribution is 5.84. The average molecular weight is 314 g/mol. The van der Waals surface area contributed by atoms with Gasteiger partial charge in [-0.1, -0.05) is 18.2 Å². The lowest BCUT2D eigenvalue weighted by Crippen LogP contribution is -2.26. The van der Waals surface area contributed by atoms with Crippen LogP contribution in [0, 0.1) is 10.1 Å². The quantitative estimate of drug-likeness (QED) is 0.643. The molecule has 1 fully saturated rings. The van der Waals surface area contributed by atoms with Crippen molar-refractivity contribution in [3.63, 3.8) is 0 Å². The molecule has 1 aliphatic carbocycles. The predicted molar refractivity (Wildman–Crippen MR) is 81.3 cm³/mol. The smallest absolute Gasteiger partial charge is 0.356 e. The maximum Gasteiger partial charge on any atom is 0.356 e. The highest BCUT2D eigenvalue weighted by Gasteiger charge is 2.31. The molecule has 8 nitrogen and oxygen atoms in total. The van der Waals surface area contributed by atoms with E-state index in [9.17, 15) is 14.9 Å². The number of nitro groups is 1. The van der Waals surface area contributed by atoms with E-state index in [-0.39, 0.29) is 17.4 Å². The summed E-state index contributed by atoms with van der Waals surface area (Å²) in [5.41, 5.74) is 0.525. The zero-order valence-electron chi connectivity index (χ0n) is 12.1. The molecule has 2 aromatic rings. The van der Waals surface area contributed by atoms with E-state index in [2.05, 4.69) is 9.97 Å². The van der Waals surface area contributed by atoms with E-state index >= 15 is 0 Å². The second kappa shape index (κ2) is 5.99. The van der Waals surface area contributed by atoms with Crippen molar-refractivity contribution in [2.24, 2.45) is 0 Å². The van der Waals surface area contributed by atoms with Crippen LogP contribution in [-0.4, -0.2) is 32.0 Å². The molecule has 1 heterocycles. The molecule has 1 aromatic carbocycles. The molecule has 0 unspecified atom stereocenters. The van der Waals surface area contributed by atoms with Crippen molar-refractivity contribution in [1.82, 2.24) is 9.97 Å². The Hall–Kier alpha value is -3.03. The van der Waals surface area contributed by atoms with E-state index < -0.39 is 10.9 Å². The maximum absolute atomic E-state index is 11.1. The molecule has 0 spiro atoms. The summed E-state index contributed by atoms with van der Waals surface area (Å²) in [7, 11) is 0. The summed E-state index contributed by atoms with van der Waals surface area (Å²) in [5, 5.41) is 20.0. The van der Waals surface area contributed by atoms with Crippen LogP contribution in [0.3, 0.4) is 0 Å². The Labute approximate surface area is 131 Å². The SMILES string of the molecule is O=C(O)c1cnc(N(Cc2ccccc2[N+](=O)[O-])C2CC2)cn1. The lowest BCUT2D eigenvalue weighted by Gasteiger charge is -2.23. The number of nitro benzene ring substituents is 1. The number of nitrogens with zero attached hydrogens (tertiary/aromatic N) is 4. The van der Waals surface area contributed by atoms with Crippen molar-refractivity contribution in [2.45, 2.75) is 25.4 Å². The summed E-state index contributed by atoms with van der Waals surface area (Å²) < 4.78 is 0. The van der Waals surface area contributed by atoms with Crippen LogP contribution in [0.25, 0.3) is 0 Å². The van der Waals surface area contributed by atoms with Crippen molar-refractivity contribution in [3.05, 3.63) is 58.0 Å². The monoisotopic (exact) mass is 314 g/mol. The largest absolute Gasteiger partial charge is 0.476 e. The maximum atomic E-state index is 11.1. The first-order valence-corrected chi connectivity index (χ1v) is 7.10. The lowest BCUT2D eigenvalue weighted by atomic mass is 10.1. The Morgan fingerprint density at radius 2 is 2.04 bits per heavy atom. The van der Waals surface area contributed by atoms with Crippen LogP contribution in [-0.2, 0) is 6.54 Å². The minimum Gasteiger partial charge on any atom is -0.476 e. The van der Waals surface area contributed by atoms with Crippen molar-refractivity contribution < 1.29 is 14.8 Å². The first-order chi connectivity index (χ1) is 11.1. The van der Waals surface area contributed by atoms with Gasteiger partial charge in [0.1, 0.15) is 5.82 Å². The van der Waals surface area contributed by atoms with Gasteiger partial charge in [0.15, 0.2) is 5.69 Å². The van der Waals surface area contributed by atoms with Gasteiger partial charge < -0.3 is 10.0 Å². The van der Waals surface area contributed by atoms with Gasteiger partial charge in [0.25, 0.3) is 5.69 Å². The molecule has 3 rings (SSSR count). The predicted octanol–water partition coefficient (Wildman–Crippen LogP) is 2.25. The number of benzene rings is 1. The first-order valence-electron chi connectivity index (χ1n) is 7.10. The van der Waals surface area contributed by atoms with E-state index in [1.165, 1.54) is 18.5 Å². The van der Waals surface area contributed by atoms with Crippen LogP contribution >= 0.6 is 0 Å². The van der Waals surface area contributed by atoms with Gasteiger partial charge in [-0.3, -0.25) is 10.1 Å². The van der Waals surface area contributed by atoms with E-state index in [4.69, 9.17) is 5.11 Å². The first kappa shape index (κ1) is 14.9. The number of carbonyl (C=O) groups is 1. The summed E-state index contributed by atoms with van der Waals surface area (Å²) in [4.78, 5) is 31.5. The van der Waals surface area contributed by atoms with Gasteiger partial charge in [-0.15, -0.1) is 0 Å². The molecular weight excluding hydrogens is 300 g/mol. The molecule has 8 heteroatoms. The van der Waals surface area contributed by atoms with Crippen molar-refractivity contribution in [1.29, 1.82) is 0 Å². The second-order valence-electron chi connectivity index (χ2n) is 5.31. The number of aromatic carboxylic acids is 1. The van der Waals surface area contributed by atoms with Crippen molar-refractivity contribution >= 4 is 17.5 Å². The Kier molecular flexibility index (Phi) is 3.88. The molecule has 1 aliphatic rings. The molecule has 1 aromatic heterocycles. The number of aromatic nitrogens is 2. The number of rotatable bonds is 6. The third kappa shape index (κ3) is 3.25. The zero-order chi connectivity index (χ0) is 16.4. The number of carboxylic acids is 1.